The summed E-state index contributed by atoms with van der Waals surface area (Å²) in [6.45, 7) is 1.80. The molecule has 2 aromatic rings. The second-order valence-corrected chi connectivity index (χ2v) is 9.15. The molecule has 0 saturated carbocycles. The quantitative estimate of drug-likeness (QED) is 0.261. The molecule has 4 atom stereocenters. The van der Waals surface area contributed by atoms with E-state index in [-0.39, 0.29) is 5.56 Å². The maximum Gasteiger partial charge on any atom is 0.338 e. The Balaban J connectivity index is 1.87. The Kier molecular flexibility index (Phi) is 8.00. The zero-order valence-corrected chi connectivity index (χ0v) is 19.1. The Bertz CT molecular complexity index is 951. The highest BCUT2D eigenvalue weighted by Gasteiger charge is 2.51. The van der Waals surface area contributed by atoms with Crippen molar-refractivity contribution in [1.29, 1.82) is 5.41 Å². The second kappa shape index (κ2) is 10.5. The summed E-state index contributed by atoms with van der Waals surface area (Å²) in [4.78, 5) is 25.4. The average molecular weight is 501 g/mol. The molecule has 7 nitrogen and oxygen atoms in total. The number of esters is 2. The highest BCUT2D eigenvalue weighted by atomic mass is 35.6. The minimum absolute atomic E-state index is 0.274. The number of carbonyl (C=O) groups excluding carboxylic acids is 2. The Morgan fingerprint density at radius 2 is 1.34 bits per heavy atom. The minimum Gasteiger partial charge on any atom is -0.452 e. The van der Waals surface area contributed by atoms with Gasteiger partial charge in [-0.15, -0.1) is 0 Å². The molecule has 1 aliphatic heterocycles. The van der Waals surface area contributed by atoms with E-state index in [9.17, 15) is 9.59 Å². The number of ether oxygens (including phenoxy) is 4. The zero-order valence-electron chi connectivity index (χ0n) is 16.9. The van der Waals surface area contributed by atoms with Gasteiger partial charge in [-0.1, -0.05) is 78.1 Å². The lowest BCUT2D eigenvalue weighted by Crippen LogP contribution is -2.42. The molecule has 1 N–H and O–H groups in total. The molecular weight excluding hydrogens is 481 g/mol. The SMILES string of the molecule is CC[C@H]1O[C@@H](OC(=N)C(Cl)(Cl)Cl)[C@@H](OC(=O)c2ccccc2)C1OC(=O)c1ccccc1. The Labute approximate surface area is 200 Å². The molecule has 1 heterocycles. The van der Waals surface area contributed by atoms with Crippen LogP contribution in [0.25, 0.3) is 0 Å². The maximum absolute atomic E-state index is 12.7. The maximum atomic E-state index is 12.7. The summed E-state index contributed by atoms with van der Waals surface area (Å²) in [6.07, 6.45) is -3.86. The molecule has 10 heteroatoms. The van der Waals surface area contributed by atoms with Gasteiger partial charge in [0.05, 0.1) is 11.1 Å². The van der Waals surface area contributed by atoms with E-state index in [1.165, 1.54) is 0 Å². The second-order valence-electron chi connectivity index (χ2n) is 6.87. The molecule has 170 valence electrons. The molecule has 32 heavy (non-hydrogen) atoms. The third-order valence-corrected chi connectivity index (χ3v) is 5.18. The van der Waals surface area contributed by atoms with E-state index < -0.39 is 46.2 Å². The van der Waals surface area contributed by atoms with Crippen molar-refractivity contribution in [3.05, 3.63) is 71.8 Å². The van der Waals surface area contributed by atoms with Crippen molar-refractivity contribution in [2.75, 3.05) is 0 Å². The Hall–Kier alpha value is -2.32. The lowest BCUT2D eigenvalue weighted by molar-refractivity contribution is -0.122. The van der Waals surface area contributed by atoms with E-state index in [4.69, 9.17) is 59.2 Å². The summed E-state index contributed by atoms with van der Waals surface area (Å²) in [6, 6.07) is 16.6. The summed E-state index contributed by atoms with van der Waals surface area (Å²) in [5.41, 5.74) is 0.588. The van der Waals surface area contributed by atoms with Gasteiger partial charge in [-0.2, -0.15) is 0 Å². The van der Waals surface area contributed by atoms with Gasteiger partial charge in [-0.05, 0) is 30.7 Å². The molecule has 0 aromatic heterocycles. The first-order valence-electron chi connectivity index (χ1n) is 9.70. The third-order valence-electron chi connectivity index (χ3n) is 4.67. The largest absolute Gasteiger partial charge is 0.452 e. The van der Waals surface area contributed by atoms with E-state index in [0.717, 1.165) is 0 Å². The lowest BCUT2D eigenvalue weighted by atomic mass is 10.1. The van der Waals surface area contributed by atoms with Gasteiger partial charge < -0.3 is 18.9 Å². The molecule has 1 unspecified atom stereocenters. The Morgan fingerprint density at radius 1 is 0.875 bits per heavy atom. The van der Waals surface area contributed by atoms with E-state index in [1.807, 2.05) is 0 Å². The predicted octanol–water partition coefficient (Wildman–Crippen LogP) is 4.94. The van der Waals surface area contributed by atoms with Crippen LogP contribution in [0.1, 0.15) is 34.1 Å². The van der Waals surface area contributed by atoms with Crippen LogP contribution in [0.15, 0.2) is 60.7 Å². The summed E-state index contributed by atoms with van der Waals surface area (Å²) < 4.78 is 20.3. The highest BCUT2D eigenvalue weighted by molar-refractivity contribution is 6.76. The van der Waals surface area contributed by atoms with Crippen LogP contribution in [0.5, 0.6) is 0 Å². The fourth-order valence-corrected chi connectivity index (χ4v) is 3.23. The molecule has 0 bridgehead atoms. The highest BCUT2D eigenvalue weighted by Crippen LogP contribution is 2.34. The van der Waals surface area contributed by atoms with Gasteiger partial charge in [0.25, 0.3) is 3.79 Å². The number of nitrogens with one attached hydrogen (secondary N) is 1. The molecule has 1 saturated heterocycles. The molecule has 0 aliphatic carbocycles. The summed E-state index contributed by atoms with van der Waals surface area (Å²) in [5, 5.41) is 7.86. The molecule has 0 amide bonds. The van der Waals surface area contributed by atoms with Crippen LogP contribution in [0, 0.1) is 5.41 Å². The fourth-order valence-electron chi connectivity index (χ4n) is 3.10. The number of alkyl halides is 3. The van der Waals surface area contributed by atoms with E-state index in [2.05, 4.69) is 0 Å². The first-order valence-corrected chi connectivity index (χ1v) is 10.8. The van der Waals surface area contributed by atoms with Crippen molar-refractivity contribution >= 4 is 52.6 Å². The average Bonchev–Trinajstić information content (AvgIpc) is 3.10. The molecule has 2 aromatic carbocycles. The minimum atomic E-state index is -2.15. The van der Waals surface area contributed by atoms with E-state index in [0.29, 0.717) is 12.0 Å². The standard InChI is InChI=1S/C22H20Cl3NO6/c1-2-15-16(30-18(27)13-9-5-3-6-10-13)17(20(29-15)32-21(26)22(23,24)25)31-19(28)14-11-7-4-8-12-14/h3-12,15-17,20,26H,2H2,1H3/t15-,16?,17+,20+/m1/s1. The summed E-state index contributed by atoms with van der Waals surface area (Å²) >= 11 is 17.1. The van der Waals surface area contributed by atoms with Crippen LogP contribution in [0.3, 0.4) is 0 Å². The van der Waals surface area contributed by atoms with Crippen LogP contribution in [-0.2, 0) is 18.9 Å². The number of carbonyl (C=O) groups is 2. The van der Waals surface area contributed by atoms with Crippen molar-refractivity contribution in [2.45, 2.75) is 41.7 Å². The topological polar surface area (TPSA) is 94.9 Å². The molecule has 1 fully saturated rings. The predicted molar refractivity (Wildman–Crippen MR) is 119 cm³/mol. The number of benzene rings is 2. The molecule has 1 aliphatic rings. The van der Waals surface area contributed by atoms with Gasteiger partial charge >= 0.3 is 11.9 Å². The van der Waals surface area contributed by atoms with Crippen molar-refractivity contribution in [2.24, 2.45) is 0 Å². The number of halogens is 3. The summed E-state index contributed by atoms with van der Waals surface area (Å²) in [5.74, 6) is -2.04. The fraction of sp³-hybridized carbons (Fsp3) is 0.318. The monoisotopic (exact) mass is 499 g/mol. The summed E-state index contributed by atoms with van der Waals surface area (Å²) in [7, 11) is 0. The molecular formula is C22H20Cl3NO6. The van der Waals surface area contributed by atoms with Crippen LogP contribution in [-0.4, -0.2) is 46.2 Å². The van der Waals surface area contributed by atoms with Crippen LogP contribution >= 0.6 is 34.8 Å². The van der Waals surface area contributed by atoms with Gasteiger partial charge in [-0.3, -0.25) is 5.41 Å². The van der Waals surface area contributed by atoms with Crippen LogP contribution < -0.4 is 0 Å². The Morgan fingerprint density at radius 3 is 1.78 bits per heavy atom. The zero-order chi connectivity index (χ0) is 23.3. The van der Waals surface area contributed by atoms with Gasteiger partial charge in [0.15, 0.2) is 6.10 Å². The van der Waals surface area contributed by atoms with Gasteiger partial charge in [-0.25, -0.2) is 9.59 Å². The van der Waals surface area contributed by atoms with Crippen molar-refractivity contribution in [3.8, 4) is 0 Å². The normalized spacial score (nSPS) is 22.8. The van der Waals surface area contributed by atoms with E-state index in [1.54, 1.807) is 67.6 Å². The van der Waals surface area contributed by atoms with E-state index >= 15 is 0 Å². The number of hydrogen-bond donors (Lipinski definition) is 1. The van der Waals surface area contributed by atoms with Crippen molar-refractivity contribution in [3.63, 3.8) is 0 Å². The number of rotatable bonds is 6. The van der Waals surface area contributed by atoms with Crippen LogP contribution in [0.2, 0.25) is 0 Å². The van der Waals surface area contributed by atoms with Gasteiger partial charge in [0, 0.05) is 0 Å². The van der Waals surface area contributed by atoms with Gasteiger partial charge in [0.2, 0.25) is 18.3 Å². The third kappa shape index (κ3) is 5.92. The molecule has 0 spiro atoms. The first-order chi connectivity index (χ1) is 15.2. The van der Waals surface area contributed by atoms with Crippen molar-refractivity contribution < 1.29 is 28.5 Å². The smallest absolute Gasteiger partial charge is 0.338 e. The number of hydrogen-bond acceptors (Lipinski definition) is 7. The molecule has 3 rings (SSSR count). The lowest BCUT2D eigenvalue weighted by Gasteiger charge is -2.25. The van der Waals surface area contributed by atoms with Gasteiger partial charge in [0.1, 0.15) is 6.10 Å². The van der Waals surface area contributed by atoms with Crippen molar-refractivity contribution in [1.82, 2.24) is 0 Å². The molecule has 0 radical (unpaired) electrons. The first kappa shape index (κ1) is 24.3. The van der Waals surface area contributed by atoms with Crippen LogP contribution in [0.4, 0.5) is 0 Å².